The van der Waals surface area contributed by atoms with Gasteiger partial charge in [0.1, 0.15) is 6.33 Å². The zero-order chi connectivity index (χ0) is 17.2. The van der Waals surface area contributed by atoms with Crippen molar-refractivity contribution in [3.05, 3.63) is 35.1 Å². The Kier molecular flexibility index (Phi) is 5.20. The molecular weight excluding hydrogens is 353 g/mol. The van der Waals surface area contributed by atoms with Crippen LogP contribution in [0, 0.1) is 0 Å². The van der Waals surface area contributed by atoms with E-state index in [1.165, 1.54) is 6.33 Å². The molecule has 23 heavy (non-hydrogen) atoms. The van der Waals surface area contributed by atoms with Gasteiger partial charge in [-0.25, -0.2) is 0 Å². The van der Waals surface area contributed by atoms with Gasteiger partial charge in [-0.05, 0) is 25.1 Å². The highest BCUT2D eigenvalue weighted by atomic mass is 35.5. The molecule has 10 heteroatoms. The number of amides is 1. The SMILES string of the molecule is CC(Sc1nncn1C)C(=O)Nc1cc(C(F)(F)F)ccc1Cl. The van der Waals surface area contributed by atoms with E-state index in [1.807, 2.05) is 0 Å². The summed E-state index contributed by atoms with van der Waals surface area (Å²) in [5.41, 5.74) is -0.970. The van der Waals surface area contributed by atoms with E-state index in [-0.39, 0.29) is 10.7 Å². The van der Waals surface area contributed by atoms with Crippen molar-refractivity contribution in [1.82, 2.24) is 14.8 Å². The Balaban J connectivity index is 2.12. The number of benzene rings is 1. The van der Waals surface area contributed by atoms with Crippen LogP contribution in [0.3, 0.4) is 0 Å². The van der Waals surface area contributed by atoms with E-state index in [0.29, 0.717) is 5.16 Å². The van der Waals surface area contributed by atoms with Gasteiger partial charge in [0.05, 0.1) is 21.5 Å². The van der Waals surface area contributed by atoms with Gasteiger partial charge in [-0.3, -0.25) is 4.79 Å². The van der Waals surface area contributed by atoms with E-state index in [4.69, 9.17) is 11.6 Å². The lowest BCUT2D eigenvalue weighted by molar-refractivity contribution is -0.137. The van der Waals surface area contributed by atoms with Crippen LogP contribution in [0.15, 0.2) is 29.7 Å². The van der Waals surface area contributed by atoms with Crippen LogP contribution in [0.1, 0.15) is 12.5 Å². The third-order valence-electron chi connectivity index (χ3n) is 2.87. The van der Waals surface area contributed by atoms with E-state index in [2.05, 4.69) is 15.5 Å². The summed E-state index contributed by atoms with van der Waals surface area (Å²) in [5.74, 6) is -0.487. The molecule has 2 aromatic rings. The fourth-order valence-corrected chi connectivity index (χ4v) is 2.58. The minimum atomic E-state index is -4.51. The van der Waals surface area contributed by atoms with Crippen molar-refractivity contribution in [1.29, 1.82) is 0 Å². The Labute approximate surface area is 139 Å². The van der Waals surface area contributed by atoms with E-state index in [9.17, 15) is 18.0 Å². The summed E-state index contributed by atoms with van der Waals surface area (Å²) in [4.78, 5) is 12.1. The highest BCUT2D eigenvalue weighted by Gasteiger charge is 2.31. The molecule has 0 aliphatic heterocycles. The number of alkyl halides is 3. The summed E-state index contributed by atoms with van der Waals surface area (Å²) < 4.78 is 39.8. The van der Waals surface area contributed by atoms with Gasteiger partial charge >= 0.3 is 6.18 Å². The topological polar surface area (TPSA) is 59.8 Å². The third kappa shape index (κ3) is 4.38. The molecule has 1 unspecified atom stereocenters. The summed E-state index contributed by atoms with van der Waals surface area (Å²) in [6.07, 6.45) is -3.03. The molecule has 5 nitrogen and oxygen atoms in total. The first kappa shape index (κ1) is 17.6. The van der Waals surface area contributed by atoms with E-state index >= 15 is 0 Å². The van der Waals surface area contributed by atoms with Crippen LogP contribution in [0.5, 0.6) is 0 Å². The van der Waals surface area contributed by atoms with E-state index in [1.54, 1.807) is 18.5 Å². The smallest absolute Gasteiger partial charge is 0.324 e. The number of halogens is 4. The maximum Gasteiger partial charge on any atom is 0.416 e. The fraction of sp³-hybridized carbons (Fsp3) is 0.308. The predicted molar refractivity (Wildman–Crippen MR) is 81.4 cm³/mol. The van der Waals surface area contributed by atoms with Crippen LogP contribution < -0.4 is 5.32 Å². The van der Waals surface area contributed by atoms with Gasteiger partial charge in [-0.1, -0.05) is 23.4 Å². The molecule has 0 radical (unpaired) electrons. The van der Waals surface area contributed by atoms with Gasteiger partial charge in [0.15, 0.2) is 5.16 Å². The molecule has 1 aromatic carbocycles. The van der Waals surface area contributed by atoms with Crippen LogP contribution in [-0.2, 0) is 18.0 Å². The first-order valence-electron chi connectivity index (χ1n) is 6.36. The van der Waals surface area contributed by atoms with Crippen LogP contribution in [0.4, 0.5) is 18.9 Å². The number of hydrogen-bond acceptors (Lipinski definition) is 4. The summed E-state index contributed by atoms with van der Waals surface area (Å²) in [7, 11) is 1.72. The van der Waals surface area contributed by atoms with Gasteiger partial charge in [0.2, 0.25) is 5.91 Å². The monoisotopic (exact) mass is 364 g/mol. The zero-order valence-corrected chi connectivity index (χ0v) is 13.6. The number of anilines is 1. The van der Waals surface area contributed by atoms with Crippen LogP contribution >= 0.6 is 23.4 Å². The summed E-state index contributed by atoms with van der Waals surface area (Å²) >= 11 is 6.98. The van der Waals surface area contributed by atoms with Crippen molar-refractivity contribution in [2.75, 3.05) is 5.32 Å². The number of aryl methyl sites for hydroxylation is 1. The fourth-order valence-electron chi connectivity index (χ4n) is 1.62. The molecule has 0 saturated carbocycles. The lowest BCUT2D eigenvalue weighted by Crippen LogP contribution is -2.23. The van der Waals surface area contributed by atoms with Gasteiger partial charge in [-0.15, -0.1) is 10.2 Å². The molecule has 0 aliphatic rings. The number of carbonyl (C=O) groups is 1. The molecule has 0 spiro atoms. The van der Waals surface area contributed by atoms with Crippen LogP contribution in [0.25, 0.3) is 0 Å². The van der Waals surface area contributed by atoms with Crippen molar-refractivity contribution in [2.45, 2.75) is 23.5 Å². The van der Waals surface area contributed by atoms with E-state index in [0.717, 1.165) is 30.0 Å². The first-order valence-corrected chi connectivity index (χ1v) is 7.62. The maximum atomic E-state index is 12.7. The Hall–Kier alpha value is -1.74. The lowest BCUT2D eigenvalue weighted by atomic mass is 10.2. The van der Waals surface area contributed by atoms with Gasteiger partial charge in [0.25, 0.3) is 0 Å². The van der Waals surface area contributed by atoms with Gasteiger partial charge in [0, 0.05) is 7.05 Å². The molecule has 0 aliphatic carbocycles. The van der Waals surface area contributed by atoms with Crippen molar-refractivity contribution in [3.63, 3.8) is 0 Å². The number of nitrogens with one attached hydrogen (secondary N) is 1. The molecule has 0 bridgehead atoms. The molecule has 1 heterocycles. The Morgan fingerprint density at radius 2 is 2.13 bits per heavy atom. The van der Waals surface area contributed by atoms with E-state index < -0.39 is 22.9 Å². The number of thioether (sulfide) groups is 1. The summed E-state index contributed by atoms with van der Waals surface area (Å²) in [6, 6.07) is 2.76. The average molecular weight is 365 g/mol. The average Bonchev–Trinajstić information content (AvgIpc) is 2.85. The molecule has 2 rings (SSSR count). The minimum Gasteiger partial charge on any atom is -0.324 e. The predicted octanol–water partition coefficient (Wildman–Crippen LogP) is 3.61. The van der Waals surface area contributed by atoms with Crippen LogP contribution in [0.2, 0.25) is 5.02 Å². The molecule has 1 aromatic heterocycles. The molecular formula is C13H12ClF3N4OS. The largest absolute Gasteiger partial charge is 0.416 e. The van der Waals surface area contributed by atoms with Gasteiger partial charge in [-0.2, -0.15) is 13.2 Å². The normalized spacial score (nSPS) is 13.0. The second-order valence-electron chi connectivity index (χ2n) is 4.67. The Bertz CT molecular complexity index is 719. The van der Waals surface area contributed by atoms with Crippen molar-refractivity contribution in [2.24, 2.45) is 7.05 Å². The summed E-state index contributed by atoms with van der Waals surface area (Å²) in [5, 5.41) is 9.87. The Morgan fingerprint density at radius 3 is 2.70 bits per heavy atom. The molecule has 0 saturated heterocycles. The first-order chi connectivity index (χ1) is 10.7. The maximum absolute atomic E-state index is 12.7. The van der Waals surface area contributed by atoms with Crippen molar-refractivity contribution >= 4 is 35.0 Å². The lowest BCUT2D eigenvalue weighted by Gasteiger charge is -2.14. The standard InChI is InChI=1S/C13H12ClF3N4OS/c1-7(23-12-20-18-6-21(12)2)11(22)19-10-5-8(13(15,16)17)3-4-9(10)14/h3-7H,1-2H3,(H,19,22). The number of rotatable bonds is 4. The van der Waals surface area contributed by atoms with Crippen molar-refractivity contribution in [3.8, 4) is 0 Å². The Morgan fingerprint density at radius 1 is 1.43 bits per heavy atom. The molecule has 1 N–H and O–H groups in total. The van der Waals surface area contributed by atoms with Gasteiger partial charge < -0.3 is 9.88 Å². The minimum absolute atomic E-state index is 0.0298. The second kappa shape index (κ2) is 6.79. The molecule has 124 valence electrons. The number of nitrogens with zero attached hydrogens (tertiary/aromatic N) is 3. The highest BCUT2D eigenvalue weighted by Crippen LogP contribution is 2.34. The number of aromatic nitrogens is 3. The quantitative estimate of drug-likeness (QED) is 0.842. The van der Waals surface area contributed by atoms with Crippen LogP contribution in [-0.4, -0.2) is 25.9 Å². The second-order valence-corrected chi connectivity index (χ2v) is 6.38. The number of hydrogen-bond donors (Lipinski definition) is 1. The third-order valence-corrected chi connectivity index (χ3v) is 4.35. The highest BCUT2D eigenvalue weighted by molar-refractivity contribution is 8.00. The molecule has 1 amide bonds. The number of carbonyl (C=O) groups excluding carboxylic acids is 1. The molecule has 1 atom stereocenters. The summed E-state index contributed by atoms with van der Waals surface area (Å²) in [6.45, 7) is 1.61. The van der Waals surface area contributed by atoms with Crippen molar-refractivity contribution < 1.29 is 18.0 Å². The zero-order valence-electron chi connectivity index (χ0n) is 12.1. The molecule has 0 fully saturated rings.